The standard InChI is InChI=1S/C15H12BrNO4S/c16-13-3-1-11(2-4-13)10-17(22(18,19)20)14-5-6-15-12(9-14)7-8-21-15/h1-9H,10H2,(H,18,19,20). The summed E-state index contributed by atoms with van der Waals surface area (Å²) in [6.07, 6.45) is 1.53. The van der Waals surface area contributed by atoms with Gasteiger partial charge >= 0.3 is 10.3 Å². The Morgan fingerprint density at radius 3 is 2.50 bits per heavy atom. The predicted octanol–water partition coefficient (Wildman–Crippen LogP) is 4.00. The van der Waals surface area contributed by atoms with Crippen LogP contribution in [0.2, 0.25) is 0 Å². The summed E-state index contributed by atoms with van der Waals surface area (Å²) < 4.78 is 40.1. The molecule has 0 bridgehead atoms. The fraction of sp³-hybridized carbons (Fsp3) is 0.0667. The van der Waals surface area contributed by atoms with Gasteiger partial charge in [-0.05, 0) is 42.0 Å². The van der Waals surface area contributed by atoms with Crippen LogP contribution in [0.4, 0.5) is 5.69 Å². The molecule has 0 aliphatic carbocycles. The zero-order chi connectivity index (χ0) is 15.7. The fourth-order valence-electron chi connectivity index (χ4n) is 2.17. The van der Waals surface area contributed by atoms with Crippen molar-refractivity contribution in [1.29, 1.82) is 0 Å². The van der Waals surface area contributed by atoms with Gasteiger partial charge in [-0.25, -0.2) is 4.31 Å². The van der Waals surface area contributed by atoms with Crippen molar-refractivity contribution in [3.05, 3.63) is 64.8 Å². The minimum Gasteiger partial charge on any atom is -0.464 e. The van der Waals surface area contributed by atoms with Crippen LogP contribution in [0.3, 0.4) is 0 Å². The van der Waals surface area contributed by atoms with Crippen LogP contribution in [0.25, 0.3) is 11.0 Å². The molecule has 0 aliphatic rings. The van der Waals surface area contributed by atoms with E-state index in [0.717, 1.165) is 19.7 Å². The first-order valence-corrected chi connectivity index (χ1v) is 8.59. The molecule has 1 heterocycles. The van der Waals surface area contributed by atoms with E-state index >= 15 is 0 Å². The van der Waals surface area contributed by atoms with Crippen molar-refractivity contribution in [2.24, 2.45) is 0 Å². The average molecular weight is 382 g/mol. The molecule has 0 saturated carbocycles. The smallest absolute Gasteiger partial charge is 0.360 e. The Hall–Kier alpha value is -1.83. The lowest BCUT2D eigenvalue weighted by Crippen LogP contribution is -2.29. The molecule has 7 heteroatoms. The number of benzene rings is 2. The van der Waals surface area contributed by atoms with Crippen LogP contribution in [0, 0.1) is 0 Å². The van der Waals surface area contributed by atoms with E-state index in [1.54, 1.807) is 36.4 Å². The van der Waals surface area contributed by atoms with Gasteiger partial charge in [-0.1, -0.05) is 28.1 Å². The Morgan fingerprint density at radius 2 is 1.82 bits per heavy atom. The highest BCUT2D eigenvalue weighted by molar-refractivity contribution is 9.10. The molecule has 0 amide bonds. The Morgan fingerprint density at radius 1 is 1.09 bits per heavy atom. The first-order chi connectivity index (χ1) is 10.4. The number of nitrogens with zero attached hydrogens (tertiary/aromatic N) is 1. The van der Waals surface area contributed by atoms with Crippen LogP contribution in [-0.2, 0) is 16.8 Å². The van der Waals surface area contributed by atoms with E-state index in [1.165, 1.54) is 6.26 Å². The third-order valence-corrected chi connectivity index (χ3v) is 4.67. The molecule has 1 N–H and O–H groups in total. The van der Waals surface area contributed by atoms with E-state index in [9.17, 15) is 13.0 Å². The highest BCUT2D eigenvalue weighted by Gasteiger charge is 2.20. The second kappa shape index (κ2) is 5.75. The van der Waals surface area contributed by atoms with E-state index in [-0.39, 0.29) is 6.54 Å². The number of fused-ring (bicyclic) bond motifs is 1. The molecule has 5 nitrogen and oxygen atoms in total. The summed E-state index contributed by atoms with van der Waals surface area (Å²) in [6, 6.07) is 13.9. The van der Waals surface area contributed by atoms with Gasteiger partial charge in [0.05, 0.1) is 18.5 Å². The quantitative estimate of drug-likeness (QED) is 0.693. The number of rotatable bonds is 4. The van der Waals surface area contributed by atoms with E-state index in [4.69, 9.17) is 4.42 Å². The second-order valence-corrected chi connectivity index (χ2v) is 7.01. The van der Waals surface area contributed by atoms with Gasteiger partial charge in [-0.3, -0.25) is 4.55 Å². The molecule has 114 valence electrons. The lowest BCUT2D eigenvalue weighted by Gasteiger charge is -2.21. The van der Waals surface area contributed by atoms with Gasteiger partial charge in [0.25, 0.3) is 0 Å². The van der Waals surface area contributed by atoms with Crippen LogP contribution in [0.15, 0.2) is 63.7 Å². The number of anilines is 1. The van der Waals surface area contributed by atoms with Gasteiger partial charge in [0.15, 0.2) is 0 Å². The van der Waals surface area contributed by atoms with Gasteiger partial charge in [-0.15, -0.1) is 0 Å². The SMILES string of the molecule is O=S(=O)(O)N(Cc1ccc(Br)cc1)c1ccc2occc2c1. The lowest BCUT2D eigenvalue weighted by molar-refractivity contribution is 0.477. The second-order valence-electron chi connectivity index (χ2n) is 4.75. The van der Waals surface area contributed by atoms with Crippen molar-refractivity contribution in [3.63, 3.8) is 0 Å². The maximum absolute atomic E-state index is 11.7. The van der Waals surface area contributed by atoms with Crippen molar-refractivity contribution < 1.29 is 17.4 Å². The van der Waals surface area contributed by atoms with Crippen molar-refractivity contribution in [2.75, 3.05) is 4.31 Å². The summed E-state index contributed by atoms with van der Waals surface area (Å²) in [4.78, 5) is 0. The number of hydrogen-bond acceptors (Lipinski definition) is 3. The van der Waals surface area contributed by atoms with Crippen LogP contribution in [-0.4, -0.2) is 13.0 Å². The van der Waals surface area contributed by atoms with Crippen molar-refractivity contribution in [1.82, 2.24) is 0 Å². The molecule has 0 atom stereocenters. The first kappa shape index (κ1) is 15.1. The Balaban J connectivity index is 2.00. The molecule has 0 aliphatic heterocycles. The summed E-state index contributed by atoms with van der Waals surface area (Å²) >= 11 is 3.33. The highest BCUT2D eigenvalue weighted by atomic mass is 79.9. The molecule has 3 rings (SSSR count). The molecule has 0 unspecified atom stereocenters. The molecule has 1 aromatic heterocycles. The molecule has 2 aromatic carbocycles. The van der Waals surface area contributed by atoms with Gasteiger partial charge in [0, 0.05) is 9.86 Å². The zero-order valence-corrected chi connectivity index (χ0v) is 13.7. The monoisotopic (exact) mass is 381 g/mol. The molecule has 22 heavy (non-hydrogen) atoms. The van der Waals surface area contributed by atoms with Gasteiger partial charge in [-0.2, -0.15) is 8.42 Å². The Kier molecular flexibility index (Phi) is 3.94. The summed E-state index contributed by atoms with van der Waals surface area (Å²) in [5.74, 6) is 0. The van der Waals surface area contributed by atoms with Crippen LogP contribution < -0.4 is 4.31 Å². The molecule has 0 saturated heterocycles. The van der Waals surface area contributed by atoms with Crippen molar-refractivity contribution in [3.8, 4) is 0 Å². The molecule has 3 aromatic rings. The molecule has 0 spiro atoms. The Labute approximate surface area is 136 Å². The number of furan rings is 1. The molecular formula is C15H12BrNO4S. The van der Waals surface area contributed by atoms with Gasteiger partial charge in [0.1, 0.15) is 5.58 Å². The normalized spacial score (nSPS) is 11.7. The molecule has 0 fully saturated rings. The molecule has 0 radical (unpaired) electrons. The van der Waals surface area contributed by atoms with Crippen LogP contribution >= 0.6 is 15.9 Å². The lowest BCUT2D eigenvalue weighted by atomic mass is 10.2. The minimum absolute atomic E-state index is 0.0372. The van der Waals surface area contributed by atoms with E-state index in [1.807, 2.05) is 12.1 Å². The highest BCUT2D eigenvalue weighted by Crippen LogP contribution is 2.26. The third kappa shape index (κ3) is 3.16. The van der Waals surface area contributed by atoms with E-state index < -0.39 is 10.3 Å². The topological polar surface area (TPSA) is 70.8 Å². The van der Waals surface area contributed by atoms with E-state index in [2.05, 4.69) is 15.9 Å². The van der Waals surface area contributed by atoms with Gasteiger partial charge in [0.2, 0.25) is 0 Å². The zero-order valence-electron chi connectivity index (χ0n) is 11.3. The number of halogens is 1. The maximum atomic E-state index is 11.7. The van der Waals surface area contributed by atoms with Crippen LogP contribution in [0.5, 0.6) is 0 Å². The molecular weight excluding hydrogens is 370 g/mol. The maximum Gasteiger partial charge on any atom is 0.360 e. The van der Waals surface area contributed by atoms with Crippen molar-refractivity contribution >= 4 is 42.9 Å². The van der Waals surface area contributed by atoms with E-state index in [0.29, 0.717) is 11.3 Å². The fourth-order valence-corrected chi connectivity index (χ4v) is 3.13. The predicted molar refractivity (Wildman–Crippen MR) is 88.1 cm³/mol. The first-order valence-electron chi connectivity index (χ1n) is 6.40. The van der Waals surface area contributed by atoms with Crippen molar-refractivity contribution in [2.45, 2.75) is 6.54 Å². The summed E-state index contributed by atoms with van der Waals surface area (Å²) in [6.45, 7) is 0.0372. The number of hydrogen-bond donors (Lipinski definition) is 1. The van der Waals surface area contributed by atoms with Crippen LogP contribution in [0.1, 0.15) is 5.56 Å². The summed E-state index contributed by atoms with van der Waals surface area (Å²) in [5.41, 5.74) is 1.79. The Bertz CT molecular complexity index is 903. The summed E-state index contributed by atoms with van der Waals surface area (Å²) in [5, 5.41) is 0.766. The van der Waals surface area contributed by atoms with Gasteiger partial charge < -0.3 is 4.42 Å². The largest absolute Gasteiger partial charge is 0.464 e. The summed E-state index contributed by atoms with van der Waals surface area (Å²) in [7, 11) is -4.39. The average Bonchev–Trinajstić information content (AvgIpc) is 2.92. The third-order valence-electron chi connectivity index (χ3n) is 3.24. The minimum atomic E-state index is -4.39.